The van der Waals surface area contributed by atoms with Gasteiger partial charge in [-0.05, 0) is 36.4 Å². The minimum atomic E-state index is -1.09. The van der Waals surface area contributed by atoms with Crippen molar-refractivity contribution in [2.75, 3.05) is 16.8 Å². The van der Waals surface area contributed by atoms with Crippen LogP contribution < -0.4 is 26.8 Å². The molecule has 0 bridgehead atoms. The van der Waals surface area contributed by atoms with Gasteiger partial charge in [-0.3, -0.25) is 5.32 Å². The Bertz CT molecular complexity index is 1330. The number of pyridine rings is 1. The number of ether oxygens (including phenoxy) is 1. The summed E-state index contributed by atoms with van der Waals surface area (Å²) in [5.74, 6) is -0.0431. The van der Waals surface area contributed by atoms with Gasteiger partial charge in [0.1, 0.15) is 46.6 Å². The molecule has 0 saturated carbocycles. The van der Waals surface area contributed by atoms with Crippen LogP contribution in [0.3, 0.4) is 0 Å². The smallest absolute Gasteiger partial charge is 0.211 e. The van der Waals surface area contributed by atoms with E-state index in [2.05, 4.69) is 20.6 Å². The lowest BCUT2D eigenvalue weighted by Crippen LogP contribution is -2.33. The highest BCUT2D eigenvalue weighted by atomic mass is 35.5. The van der Waals surface area contributed by atoms with Crippen LogP contribution in [0.15, 0.2) is 47.5 Å². The van der Waals surface area contributed by atoms with Crippen LogP contribution in [0.2, 0.25) is 5.02 Å². The first-order valence-corrected chi connectivity index (χ1v) is 9.51. The molecule has 1 atom stereocenters. The Balaban J connectivity index is 1.92. The third-order valence-corrected chi connectivity index (χ3v) is 4.94. The first-order valence-electron chi connectivity index (χ1n) is 9.13. The molecule has 1 unspecified atom stereocenters. The largest absolute Gasteiger partial charge is 0.457 e. The van der Waals surface area contributed by atoms with Crippen LogP contribution in [0, 0.1) is 28.6 Å². The van der Waals surface area contributed by atoms with E-state index < -0.39 is 11.9 Å². The Hall–Kier alpha value is -4.54. The predicted molar refractivity (Wildman–Crippen MR) is 117 cm³/mol. The highest BCUT2D eigenvalue weighted by Crippen LogP contribution is 2.44. The van der Waals surface area contributed by atoms with Crippen molar-refractivity contribution in [3.63, 3.8) is 0 Å². The molecule has 2 aromatic carbocycles. The van der Waals surface area contributed by atoms with Gasteiger partial charge in [0.2, 0.25) is 5.96 Å². The van der Waals surface area contributed by atoms with Gasteiger partial charge >= 0.3 is 0 Å². The van der Waals surface area contributed by atoms with E-state index in [9.17, 15) is 5.26 Å². The van der Waals surface area contributed by atoms with Gasteiger partial charge in [0.05, 0.1) is 11.3 Å². The number of nitrogens with one attached hydrogen (secondary N) is 2. The average Bonchev–Trinajstić information content (AvgIpc) is 2.75. The van der Waals surface area contributed by atoms with E-state index >= 15 is 4.39 Å². The number of nitrogens with two attached hydrogens (primary N) is 2. The second kappa shape index (κ2) is 8.30. The lowest BCUT2D eigenvalue weighted by molar-refractivity contribution is 0.463. The van der Waals surface area contributed by atoms with Gasteiger partial charge in [0, 0.05) is 10.6 Å². The standard InChI is InChI=1S/C21H14ClFN8O/c22-10-4-6-11(7-5-10)32-14-3-1-2-13(23)15(14)18-16-17(26)12(8-24)19(27)30-20(16)31-21(29-18)28-9-25/h1-7,18H,(H6,26,27,28,29,30,31). The summed E-state index contributed by atoms with van der Waals surface area (Å²) in [7, 11) is 0. The van der Waals surface area contributed by atoms with Crippen molar-refractivity contribution in [3.05, 3.63) is 70.0 Å². The first kappa shape index (κ1) is 20.7. The average molecular weight is 449 g/mol. The number of aliphatic imine (C=N–C) groups is 1. The van der Waals surface area contributed by atoms with Crippen LogP contribution in [0.5, 0.6) is 11.5 Å². The Morgan fingerprint density at radius 1 is 1.12 bits per heavy atom. The fourth-order valence-electron chi connectivity index (χ4n) is 3.29. The number of halogens is 2. The summed E-state index contributed by atoms with van der Waals surface area (Å²) in [6, 6.07) is 11.6. The summed E-state index contributed by atoms with van der Waals surface area (Å²) >= 11 is 5.92. The van der Waals surface area contributed by atoms with Gasteiger partial charge in [-0.15, -0.1) is 0 Å². The predicted octanol–water partition coefficient (Wildman–Crippen LogP) is 3.64. The van der Waals surface area contributed by atoms with Gasteiger partial charge in [0.15, 0.2) is 6.19 Å². The van der Waals surface area contributed by atoms with Crippen molar-refractivity contribution in [3.8, 4) is 23.8 Å². The van der Waals surface area contributed by atoms with Gasteiger partial charge in [-0.25, -0.2) is 14.4 Å². The van der Waals surface area contributed by atoms with Crippen molar-refractivity contribution in [1.82, 2.24) is 10.3 Å². The van der Waals surface area contributed by atoms with Crippen LogP contribution >= 0.6 is 11.6 Å². The summed E-state index contributed by atoms with van der Waals surface area (Å²) in [5.41, 5.74) is 12.3. The van der Waals surface area contributed by atoms with Crippen LogP contribution in [0.1, 0.15) is 22.7 Å². The summed E-state index contributed by atoms with van der Waals surface area (Å²) in [4.78, 5) is 8.55. The van der Waals surface area contributed by atoms with Gasteiger partial charge in [0.25, 0.3) is 0 Å². The number of fused-ring (bicyclic) bond motifs is 1. The minimum Gasteiger partial charge on any atom is -0.457 e. The molecular formula is C21H14ClFN8O. The second-order valence-electron chi connectivity index (χ2n) is 6.61. The Morgan fingerprint density at radius 2 is 1.88 bits per heavy atom. The fraction of sp³-hybridized carbons (Fsp3) is 0.0476. The summed E-state index contributed by atoms with van der Waals surface area (Å²) in [5, 5.41) is 24.2. The second-order valence-corrected chi connectivity index (χ2v) is 7.05. The van der Waals surface area contributed by atoms with Crippen LogP contribution in [0.4, 0.5) is 21.7 Å². The molecule has 4 rings (SSSR count). The lowest BCUT2D eigenvalue weighted by Gasteiger charge is -2.27. The van der Waals surface area contributed by atoms with Gasteiger partial charge in [-0.2, -0.15) is 10.5 Å². The Kier molecular flexibility index (Phi) is 5.37. The normalized spacial score (nSPS) is 14.2. The lowest BCUT2D eigenvalue weighted by atomic mass is 9.94. The molecule has 11 heteroatoms. The number of nitriles is 2. The Labute approximate surface area is 186 Å². The van der Waals surface area contributed by atoms with Crippen molar-refractivity contribution in [2.24, 2.45) is 4.99 Å². The van der Waals surface area contributed by atoms with E-state index in [-0.39, 0.29) is 45.7 Å². The molecule has 0 radical (unpaired) electrons. The van der Waals surface area contributed by atoms with Gasteiger partial charge < -0.3 is 21.5 Å². The molecule has 6 N–H and O–H groups in total. The fourth-order valence-corrected chi connectivity index (χ4v) is 3.42. The molecule has 1 aliphatic heterocycles. The molecule has 1 aromatic heterocycles. The van der Waals surface area contributed by atoms with E-state index in [1.807, 2.05) is 6.07 Å². The highest BCUT2D eigenvalue weighted by molar-refractivity contribution is 6.30. The number of hydrogen-bond donors (Lipinski definition) is 4. The van der Waals surface area contributed by atoms with Crippen molar-refractivity contribution >= 4 is 34.9 Å². The maximum atomic E-state index is 15.2. The van der Waals surface area contributed by atoms with E-state index in [1.165, 1.54) is 12.1 Å². The molecule has 0 aliphatic carbocycles. The SMILES string of the molecule is N#CNC1=NC(c2c(F)cccc2Oc2ccc(Cl)cc2)c2c(nc(N)c(C#N)c2N)N1. The zero-order valence-electron chi connectivity index (χ0n) is 16.2. The van der Waals surface area contributed by atoms with E-state index in [0.717, 1.165) is 0 Å². The van der Waals surface area contributed by atoms with Crippen LogP contribution in [-0.2, 0) is 0 Å². The number of hydrogen-bond acceptors (Lipinski definition) is 9. The summed E-state index contributed by atoms with van der Waals surface area (Å²) < 4.78 is 21.1. The number of guanidine groups is 1. The number of aromatic nitrogens is 1. The van der Waals surface area contributed by atoms with E-state index in [0.29, 0.717) is 10.8 Å². The van der Waals surface area contributed by atoms with Crippen molar-refractivity contribution < 1.29 is 9.13 Å². The molecule has 0 amide bonds. The molecule has 9 nitrogen and oxygen atoms in total. The van der Waals surface area contributed by atoms with E-state index in [4.69, 9.17) is 33.1 Å². The maximum Gasteiger partial charge on any atom is 0.211 e. The topological polar surface area (TPSA) is 158 Å². The van der Waals surface area contributed by atoms with Crippen LogP contribution in [0.25, 0.3) is 0 Å². The first-order chi connectivity index (χ1) is 15.4. The quantitative estimate of drug-likeness (QED) is 0.349. The number of rotatable bonds is 3. The third-order valence-electron chi connectivity index (χ3n) is 4.69. The Morgan fingerprint density at radius 3 is 2.56 bits per heavy atom. The highest BCUT2D eigenvalue weighted by Gasteiger charge is 2.33. The minimum absolute atomic E-state index is 0.00158. The zero-order chi connectivity index (χ0) is 22.8. The molecule has 158 valence electrons. The maximum absolute atomic E-state index is 15.2. The number of nitrogens with zero attached hydrogens (tertiary/aromatic N) is 4. The van der Waals surface area contributed by atoms with E-state index in [1.54, 1.807) is 36.5 Å². The molecule has 1 aliphatic rings. The molecule has 3 aromatic rings. The van der Waals surface area contributed by atoms with Crippen LogP contribution in [-0.4, -0.2) is 10.9 Å². The van der Waals surface area contributed by atoms with Gasteiger partial charge in [-0.1, -0.05) is 17.7 Å². The number of nitrogen functional groups attached to an aromatic ring is 2. The summed E-state index contributed by atoms with van der Waals surface area (Å²) in [6.45, 7) is 0. The monoisotopic (exact) mass is 448 g/mol. The summed E-state index contributed by atoms with van der Waals surface area (Å²) in [6.07, 6.45) is 1.74. The number of benzene rings is 2. The zero-order valence-corrected chi connectivity index (χ0v) is 17.0. The third kappa shape index (κ3) is 3.67. The van der Waals surface area contributed by atoms with Crippen molar-refractivity contribution in [1.29, 1.82) is 10.5 Å². The molecule has 32 heavy (non-hydrogen) atoms. The molecular weight excluding hydrogens is 435 g/mol. The molecule has 2 heterocycles. The molecule has 0 spiro atoms. The number of anilines is 3. The van der Waals surface area contributed by atoms with Crippen molar-refractivity contribution in [2.45, 2.75) is 6.04 Å². The molecule has 0 fully saturated rings. The molecule has 0 saturated heterocycles.